The topological polar surface area (TPSA) is 363 Å². The zero-order valence-electron chi connectivity index (χ0n) is 52.1. The molecule has 5 heterocycles. The summed E-state index contributed by atoms with van der Waals surface area (Å²) in [5.41, 5.74) is 16.8. The first-order valence-electron chi connectivity index (χ1n) is 30.1. The lowest BCUT2D eigenvalue weighted by molar-refractivity contribution is -0.141. The van der Waals surface area contributed by atoms with Crippen LogP contribution in [-0.2, 0) is 87.9 Å². The van der Waals surface area contributed by atoms with Crippen molar-refractivity contribution in [1.82, 2.24) is 52.9 Å². The molecule has 7 rings (SSSR count). The molecule has 30 heteroatoms. The Morgan fingerprint density at radius 3 is 1.38 bits per heavy atom. The maximum Gasteiger partial charge on any atom is 0.305 e. The highest BCUT2D eigenvalue weighted by atomic mass is 16.6. The van der Waals surface area contributed by atoms with Crippen molar-refractivity contribution >= 4 is 69.4 Å². The Bertz CT molecular complexity index is 3480. The molecule has 0 radical (unpaired) electrons. The summed E-state index contributed by atoms with van der Waals surface area (Å²) in [5.74, 6) is -3.85. The fourth-order valence-corrected chi connectivity index (χ4v) is 10.3. The quantitative estimate of drug-likeness (QED) is 0.0399. The van der Waals surface area contributed by atoms with E-state index in [4.69, 9.17) is 45.0 Å². The number of aryl methyl sites for hydroxylation is 8. The largest absolute Gasteiger partial charge is 0.481 e. The normalized spacial score (nSPS) is 13.4. The van der Waals surface area contributed by atoms with Gasteiger partial charge in [0.05, 0.1) is 125 Å². The molecule has 0 aliphatic carbocycles. The minimum atomic E-state index is -0.958. The number of imidazole rings is 2. The third-order valence-corrected chi connectivity index (χ3v) is 15.0. The van der Waals surface area contributed by atoms with Gasteiger partial charge in [-0.15, -0.1) is 0 Å². The number of piperazine rings is 1. The summed E-state index contributed by atoms with van der Waals surface area (Å²) in [5, 5.41) is 20.4. The minimum Gasteiger partial charge on any atom is -0.481 e. The van der Waals surface area contributed by atoms with E-state index in [2.05, 4.69) is 25.5 Å². The number of hydrogen-bond donors (Lipinski definition) is 4. The number of hydrogen-bond acceptors (Lipinski definition) is 16. The van der Waals surface area contributed by atoms with Gasteiger partial charge in [0.15, 0.2) is 0 Å². The highest BCUT2D eigenvalue weighted by Crippen LogP contribution is 2.21. The molecule has 30 nitrogen and oxygen atoms in total. The average molecular weight is 1250 g/mol. The Morgan fingerprint density at radius 1 is 0.567 bits per heavy atom. The summed E-state index contributed by atoms with van der Waals surface area (Å²) < 4.78 is 44.4. The lowest BCUT2D eigenvalue weighted by Crippen LogP contribution is -2.50. The number of carbonyl (C=O) groups excluding carboxylic acids is 7. The van der Waals surface area contributed by atoms with Gasteiger partial charge in [-0.1, -0.05) is 0 Å². The minimum absolute atomic E-state index is 0.0545. The van der Waals surface area contributed by atoms with Gasteiger partial charge in [0.1, 0.15) is 18.0 Å². The average Bonchev–Trinajstić information content (AvgIpc) is 1.67. The third kappa shape index (κ3) is 18.9. The molecule has 2 aromatic carbocycles. The van der Waals surface area contributed by atoms with E-state index in [1.807, 2.05) is 23.0 Å². The fourth-order valence-electron chi connectivity index (χ4n) is 10.3. The lowest BCUT2D eigenvalue weighted by Gasteiger charge is -2.35. The number of nitrogens with zero attached hydrogens (tertiary/aromatic N) is 12. The number of primary amides is 2. The van der Waals surface area contributed by atoms with Gasteiger partial charge in [-0.2, -0.15) is 20.2 Å². The molecule has 0 spiro atoms. The second-order valence-corrected chi connectivity index (χ2v) is 21.3. The van der Waals surface area contributed by atoms with Crippen LogP contribution in [0.15, 0.2) is 58.5 Å². The summed E-state index contributed by atoms with van der Waals surface area (Å²) in [6.07, 6.45) is 0.127. The van der Waals surface area contributed by atoms with Crippen molar-refractivity contribution in [2.45, 2.75) is 92.1 Å². The van der Waals surface area contributed by atoms with Gasteiger partial charge in [0.2, 0.25) is 40.8 Å². The van der Waals surface area contributed by atoms with Gasteiger partial charge in [0.25, 0.3) is 11.8 Å². The number of nitrogens with one attached hydrogen (secondary N) is 1. The predicted octanol–water partition coefficient (Wildman–Crippen LogP) is 0.993. The molecule has 1 aliphatic heterocycles. The molecule has 0 unspecified atom stereocenters. The van der Waals surface area contributed by atoms with Crippen LogP contribution >= 0.6 is 0 Å². The summed E-state index contributed by atoms with van der Waals surface area (Å²) in [6, 6.07) is 13.3. The highest BCUT2D eigenvalue weighted by molar-refractivity contribution is 5.98. The van der Waals surface area contributed by atoms with Crippen LogP contribution in [0.25, 0.3) is 22.1 Å². The number of benzene rings is 2. The van der Waals surface area contributed by atoms with Crippen molar-refractivity contribution in [2.75, 3.05) is 105 Å². The molecule has 0 bridgehead atoms. The molecule has 7 amide bonds. The number of carbonyl (C=O) groups is 8. The number of amides is 7. The maximum absolute atomic E-state index is 14.0. The van der Waals surface area contributed by atoms with Gasteiger partial charge in [-0.3, -0.25) is 47.7 Å². The first-order valence-corrected chi connectivity index (χ1v) is 30.1. The maximum atomic E-state index is 14.0. The van der Waals surface area contributed by atoms with E-state index < -0.39 is 41.6 Å². The molecule has 6 aromatic rings. The summed E-state index contributed by atoms with van der Waals surface area (Å²) >= 11 is 0. The van der Waals surface area contributed by atoms with Gasteiger partial charge >= 0.3 is 5.97 Å². The van der Waals surface area contributed by atoms with Crippen LogP contribution in [0, 0.1) is 13.8 Å². The van der Waals surface area contributed by atoms with Crippen molar-refractivity contribution < 1.29 is 71.9 Å². The van der Waals surface area contributed by atoms with Crippen molar-refractivity contribution in [3.8, 4) is 0 Å². The Balaban J connectivity index is 0.918. The zero-order chi connectivity index (χ0) is 64.9. The zero-order valence-corrected chi connectivity index (χ0v) is 52.1. The lowest BCUT2D eigenvalue weighted by atomic mass is 10.1. The number of nitrogens with two attached hydrogens (primary N) is 2. The van der Waals surface area contributed by atoms with E-state index in [-0.39, 0.29) is 132 Å². The van der Waals surface area contributed by atoms with E-state index in [9.17, 15) is 38.4 Å². The number of aliphatic carboxylic acids is 1. The molecule has 0 saturated carbocycles. The van der Waals surface area contributed by atoms with E-state index in [0.717, 1.165) is 0 Å². The smallest absolute Gasteiger partial charge is 0.305 e. The highest BCUT2D eigenvalue weighted by Gasteiger charge is 2.25. The predicted molar refractivity (Wildman–Crippen MR) is 325 cm³/mol. The molecule has 90 heavy (non-hydrogen) atoms. The summed E-state index contributed by atoms with van der Waals surface area (Å²) in [4.78, 5) is 114. The van der Waals surface area contributed by atoms with Crippen LogP contribution in [0.3, 0.4) is 0 Å². The van der Waals surface area contributed by atoms with Gasteiger partial charge in [-0.05, 0) is 89.1 Å². The number of ether oxygens (including phenoxy) is 6. The molecular formula is C60H83N15O15. The standard InChI is InChI=1S/C60H83N15O15/c1-7-74-49(35-40(3)66-74)57(83)64-59-68(5)47-37-42(55(61)81)9-11-45(47)72(59)19-13-44(14-20-73-46-12-10-43(56(62)82)38-48(46)69(6)60(73)65-58(84)50-36-41(4)67-75(50)8-2)90-39-51(76)63-18-28-87-30-32-89-34-33-88-31-29-86-26-16-53(78)71-23-21-70(22-24-71)52(77)15-25-85-27-17-54(79)80/h9-12,35-38,44H,7-8,13-34,39H2,1-6H3,(H2,61,81)(H2,62,82)(H,63,76)(H,79,80). The monoisotopic (exact) mass is 1250 g/mol. The Labute approximate surface area is 519 Å². The van der Waals surface area contributed by atoms with Gasteiger partial charge < -0.3 is 78.4 Å². The van der Waals surface area contributed by atoms with Crippen molar-refractivity contribution in [1.29, 1.82) is 0 Å². The van der Waals surface area contributed by atoms with Crippen LogP contribution in [0.2, 0.25) is 0 Å². The fraction of sp³-hybridized carbons (Fsp3) is 0.533. The Morgan fingerprint density at radius 2 is 0.967 bits per heavy atom. The van der Waals surface area contributed by atoms with Gasteiger partial charge in [0, 0.05) is 84.1 Å². The number of carboxylic acid groups (broad SMARTS) is 1. The van der Waals surface area contributed by atoms with Crippen LogP contribution in [-0.4, -0.2) is 212 Å². The van der Waals surface area contributed by atoms with E-state index in [1.54, 1.807) is 105 Å². The second kappa shape index (κ2) is 33.8. The van der Waals surface area contributed by atoms with Crippen LogP contribution < -0.4 is 28.0 Å². The van der Waals surface area contributed by atoms with Crippen LogP contribution in [0.5, 0.6) is 0 Å². The first kappa shape index (κ1) is 68.8. The van der Waals surface area contributed by atoms with Crippen molar-refractivity contribution in [3.63, 3.8) is 0 Å². The van der Waals surface area contributed by atoms with E-state index in [1.165, 1.54) is 0 Å². The molecular weight excluding hydrogens is 1170 g/mol. The molecule has 4 aromatic heterocycles. The number of fused-ring (bicyclic) bond motifs is 2. The molecule has 1 aliphatic rings. The molecule has 0 atom stereocenters. The third-order valence-electron chi connectivity index (χ3n) is 15.0. The molecule has 488 valence electrons. The number of carboxylic acids is 1. The van der Waals surface area contributed by atoms with Crippen LogP contribution in [0.1, 0.15) is 99.0 Å². The van der Waals surface area contributed by atoms with Gasteiger partial charge in [-0.25, -0.2) is 0 Å². The SMILES string of the molecule is CCn1nc(C)cc1C(=O)N=c1n(C)c2cc(C(N)=O)ccc2n1CCC(CCn1c(=NC(=O)c2cc(C)nn2CC)n(C)c2cc(C(N)=O)ccc21)OCC(=O)NCCOCCOCCOCCOCCC(=O)N1CCN(C(=O)CCOCCC(=O)O)CC1. The van der Waals surface area contributed by atoms with Crippen LogP contribution in [0.4, 0.5) is 0 Å². The van der Waals surface area contributed by atoms with E-state index in [0.29, 0.717) is 111 Å². The Kier molecular flexibility index (Phi) is 25.8. The second-order valence-electron chi connectivity index (χ2n) is 21.3. The molecule has 1 saturated heterocycles. The number of aromatic nitrogens is 8. The van der Waals surface area contributed by atoms with E-state index >= 15 is 0 Å². The molecule has 6 N–H and O–H groups in total. The summed E-state index contributed by atoms with van der Waals surface area (Å²) in [6.45, 7) is 12.6. The van der Waals surface area contributed by atoms with Crippen molar-refractivity contribution in [3.05, 3.63) is 93.7 Å². The number of rotatable bonds is 36. The first-order chi connectivity index (χ1) is 43.3. The van der Waals surface area contributed by atoms with Crippen molar-refractivity contribution in [2.24, 2.45) is 35.5 Å². The summed E-state index contributed by atoms with van der Waals surface area (Å²) in [7, 11) is 3.47. The Hall–Kier alpha value is -8.68. The molecule has 1 fully saturated rings.